The van der Waals surface area contributed by atoms with Gasteiger partial charge in [0.2, 0.25) is 5.91 Å². The van der Waals surface area contributed by atoms with Crippen molar-refractivity contribution in [3.63, 3.8) is 0 Å². The third-order valence-electron chi connectivity index (χ3n) is 1.50. The summed E-state index contributed by atoms with van der Waals surface area (Å²) in [5, 5.41) is 10.7. The molecule has 0 radical (unpaired) electrons. The Morgan fingerprint density at radius 2 is 2.15 bits per heavy atom. The molecule has 0 aromatic heterocycles. The number of hydrogen-bond donors (Lipinski definition) is 2. The van der Waals surface area contributed by atoms with Gasteiger partial charge in [-0.05, 0) is 6.42 Å². The highest BCUT2D eigenvalue weighted by atomic mass is 16.4. The molecule has 1 atom stereocenters. The molecule has 2 N–H and O–H groups in total. The van der Waals surface area contributed by atoms with E-state index in [4.69, 9.17) is 5.11 Å². The van der Waals surface area contributed by atoms with Crippen LogP contribution in [-0.2, 0) is 14.4 Å². The van der Waals surface area contributed by atoms with Crippen molar-refractivity contribution in [3.8, 4) is 0 Å². The summed E-state index contributed by atoms with van der Waals surface area (Å²) >= 11 is 0. The van der Waals surface area contributed by atoms with Gasteiger partial charge in [-0.2, -0.15) is 0 Å². The topological polar surface area (TPSA) is 83.5 Å². The smallest absolute Gasteiger partial charge is 0.303 e. The van der Waals surface area contributed by atoms with Gasteiger partial charge in [0.1, 0.15) is 6.29 Å². The maximum atomic E-state index is 10.8. The summed E-state index contributed by atoms with van der Waals surface area (Å²) in [6, 6.07) is -0.677. The van der Waals surface area contributed by atoms with Crippen LogP contribution in [0.3, 0.4) is 0 Å². The van der Waals surface area contributed by atoms with Gasteiger partial charge in [0.05, 0.1) is 6.04 Å². The SMILES string of the molecule is CCC(=O)N[C@@H](C=O)CCC(=O)O. The van der Waals surface area contributed by atoms with Crippen LogP contribution in [-0.4, -0.2) is 29.3 Å². The van der Waals surface area contributed by atoms with Crippen LogP contribution in [0.15, 0.2) is 0 Å². The van der Waals surface area contributed by atoms with Crippen LogP contribution in [0.5, 0.6) is 0 Å². The first-order valence-electron chi connectivity index (χ1n) is 4.06. The zero-order valence-electron chi connectivity index (χ0n) is 7.45. The molecule has 0 fully saturated rings. The molecule has 0 saturated heterocycles. The summed E-state index contributed by atoms with van der Waals surface area (Å²) in [7, 11) is 0. The summed E-state index contributed by atoms with van der Waals surface area (Å²) in [5.41, 5.74) is 0. The fourth-order valence-corrected chi connectivity index (χ4v) is 0.762. The molecule has 0 aliphatic carbocycles. The molecular weight excluding hydrogens is 174 g/mol. The fraction of sp³-hybridized carbons (Fsp3) is 0.625. The highest BCUT2D eigenvalue weighted by molar-refractivity contribution is 5.79. The molecule has 0 rings (SSSR count). The Morgan fingerprint density at radius 1 is 1.54 bits per heavy atom. The van der Waals surface area contributed by atoms with Crippen LogP contribution >= 0.6 is 0 Å². The lowest BCUT2D eigenvalue weighted by Crippen LogP contribution is -2.35. The molecule has 13 heavy (non-hydrogen) atoms. The summed E-state index contributed by atoms with van der Waals surface area (Å²) < 4.78 is 0. The minimum Gasteiger partial charge on any atom is -0.481 e. The van der Waals surface area contributed by atoms with Crippen molar-refractivity contribution in [2.45, 2.75) is 32.2 Å². The molecule has 0 aromatic rings. The predicted molar refractivity (Wildman–Crippen MR) is 45.2 cm³/mol. The van der Waals surface area contributed by atoms with Crippen LogP contribution in [0.25, 0.3) is 0 Å². The average Bonchev–Trinajstić information content (AvgIpc) is 2.11. The Balaban J connectivity index is 3.82. The molecule has 0 heterocycles. The maximum Gasteiger partial charge on any atom is 0.303 e. The van der Waals surface area contributed by atoms with Crippen LogP contribution in [0.4, 0.5) is 0 Å². The van der Waals surface area contributed by atoms with E-state index in [0.717, 1.165) is 0 Å². The van der Waals surface area contributed by atoms with Gasteiger partial charge in [0.15, 0.2) is 0 Å². The Kier molecular flexibility index (Phi) is 5.50. The first-order chi connectivity index (χ1) is 6.10. The molecule has 0 aromatic carbocycles. The second kappa shape index (κ2) is 6.16. The number of rotatable bonds is 6. The fourth-order valence-electron chi connectivity index (χ4n) is 0.762. The lowest BCUT2D eigenvalue weighted by molar-refractivity contribution is -0.137. The third-order valence-corrected chi connectivity index (χ3v) is 1.50. The van der Waals surface area contributed by atoms with E-state index in [1.54, 1.807) is 6.92 Å². The number of amides is 1. The first kappa shape index (κ1) is 11.6. The molecule has 5 nitrogen and oxygen atoms in total. The number of nitrogens with one attached hydrogen (secondary N) is 1. The largest absolute Gasteiger partial charge is 0.481 e. The van der Waals surface area contributed by atoms with Crippen molar-refractivity contribution in [1.29, 1.82) is 0 Å². The normalized spacial score (nSPS) is 11.8. The Hall–Kier alpha value is -1.39. The average molecular weight is 187 g/mol. The van der Waals surface area contributed by atoms with Gasteiger partial charge < -0.3 is 15.2 Å². The number of carbonyl (C=O) groups is 3. The molecule has 0 aliphatic rings. The summed E-state index contributed by atoms with van der Waals surface area (Å²) in [6.07, 6.45) is 0.867. The van der Waals surface area contributed by atoms with E-state index in [0.29, 0.717) is 6.29 Å². The van der Waals surface area contributed by atoms with Gasteiger partial charge in [0, 0.05) is 12.8 Å². The zero-order chi connectivity index (χ0) is 10.3. The number of carbonyl (C=O) groups excluding carboxylic acids is 2. The highest BCUT2D eigenvalue weighted by Gasteiger charge is 2.11. The van der Waals surface area contributed by atoms with E-state index in [1.165, 1.54) is 0 Å². The number of aliphatic carboxylic acids is 1. The summed E-state index contributed by atoms with van der Waals surface area (Å²) in [6.45, 7) is 1.66. The molecule has 0 unspecified atom stereocenters. The van der Waals surface area contributed by atoms with Gasteiger partial charge in [-0.15, -0.1) is 0 Å². The molecule has 0 saturated carbocycles. The monoisotopic (exact) mass is 187 g/mol. The summed E-state index contributed by atoms with van der Waals surface area (Å²) in [5.74, 6) is -1.22. The van der Waals surface area contributed by atoms with Gasteiger partial charge in [-0.3, -0.25) is 9.59 Å². The maximum absolute atomic E-state index is 10.8. The van der Waals surface area contributed by atoms with E-state index >= 15 is 0 Å². The van der Waals surface area contributed by atoms with Crippen LogP contribution in [0, 0.1) is 0 Å². The Labute approximate surface area is 76.1 Å². The molecule has 0 spiro atoms. The van der Waals surface area contributed by atoms with Crippen molar-refractivity contribution in [2.75, 3.05) is 0 Å². The van der Waals surface area contributed by atoms with Crippen molar-refractivity contribution in [2.24, 2.45) is 0 Å². The van der Waals surface area contributed by atoms with Crippen LogP contribution in [0.2, 0.25) is 0 Å². The second-order valence-corrected chi connectivity index (χ2v) is 2.60. The van der Waals surface area contributed by atoms with Crippen molar-refractivity contribution in [1.82, 2.24) is 5.32 Å². The van der Waals surface area contributed by atoms with Gasteiger partial charge >= 0.3 is 5.97 Å². The highest BCUT2D eigenvalue weighted by Crippen LogP contribution is 1.95. The molecule has 74 valence electrons. The quantitative estimate of drug-likeness (QED) is 0.571. The van der Waals surface area contributed by atoms with Crippen LogP contribution in [0.1, 0.15) is 26.2 Å². The second-order valence-electron chi connectivity index (χ2n) is 2.60. The Morgan fingerprint density at radius 3 is 2.54 bits per heavy atom. The van der Waals surface area contributed by atoms with Crippen molar-refractivity contribution < 1.29 is 19.5 Å². The molecule has 0 aliphatic heterocycles. The van der Waals surface area contributed by atoms with Gasteiger partial charge in [-0.25, -0.2) is 0 Å². The minimum absolute atomic E-state index is 0.118. The van der Waals surface area contributed by atoms with Crippen molar-refractivity contribution in [3.05, 3.63) is 0 Å². The van der Waals surface area contributed by atoms with Gasteiger partial charge in [-0.1, -0.05) is 6.92 Å². The number of aldehydes is 1. The molecule has 1 amide bonds. The lowest BCUT2D eigenvalue weighted by Gasteiger charge is -2.09. The van der Waals surface area contributed by atoms with Gasteiger partial charge in [0.25, 0.3) is 0 Å². The third kappa shape index (κ3) is 5.84. The van der Waals surface area contributed by atoms with E-state index in [2.05, 4.69) is 5.32 Å². The Bertz CT molecular complexity index is 202. The molecule has 0 bridgehead atoms. The molecule has 5 heteroatoms. The number of carboxylic acids is 1. The standard InChI is InChI=1S/C8H13NO4/c1-2-7(11)9-6(5-10)3-4-8(12)13/h5-6H,2-4H2,1H3,(H,9,11)(H,12,13)/t6-/m1/s1. The van der Waals surface area contributed by atoms with Crippen molar-refractivity contribution >= 4 is 18.2 Å². The van der Waals surface area contributed by atoms with Crippen LogP contribution < -0.4 is 5.32 Å². The predicted octanol–water partition coefficient (Wildman–Crippen LogP) is -0.0551. The number of carboxylic acid groups (broad SMARTS) is 1. The minimum atomic E-state index is -0.974. The zero-order valence-corrected chi connectivity index (χ0v) is 7.45. The lowest BCUT2D eigenvalue weighted by atomic mass is 10.2. The van der Waals surface area contributed by atoms with E-state index in [9.17, 15) is 14.4 Å². The summed E-state index contributed by atoms with van der Waals surface area (Å²) in [4.78, 5) is 31.3. The number of hydrogen-bond acceptors (Lipinski definition) is 3. The molecular formula is C8H13NO4. The first-order valence-corrected chi connectivity index (χ1v) is 4.06. The van der Waals surface area contributed by atoms with E-state index in [1.807, 2.05) is 0 Å². The van der Waals surface area contributed by atoms with E-state index < -0.39 is 12.0 Å². The van der Waals surface area contributed by atoms with E-state index in [-0.39, 0.29) is 25.2 Å².